The fourth-order valence-electron chi connectivity index (χ4n) is 5.72. The molecule has 0 bridgehead atoms. The van der Waals surface area contributed by atoms with Gasteiger partial charge in [-0.3, -0.25) is 9.59 Å². The molecule has 54 heavy (non-hydrogen) atoms. The summed E-state index contributed by atoms with van der Waals surface area (Å²) in [6.07, 6.45) is 0. The van der Waals surface area contributed by atoms with Gasteiger partial charge in [0.15, 0.2) is 22.9 Å². The zero-order valence-corrected chi connectivity index (χ0v) is 32.6. The van der Waals surface area contributed by atoms with E-state index in [0.29, 0.717) is 100 Å². The van der Waals surface area contributed by atoms with E-state index in [1.807, 2.05) is 32.7 Å². The number of nitrogens with two attached hydrogens (primary N) is 2. The Hall–Kier alpha value is -4.56. The molecule has 0 radical (unpaired) electrons. The van der Waals surface area contributed by atoms with Crippen LogP contribution in [-0.4, -0.2) is 84.0 Å². The molecule has 0 saturated carbocycles. The van der Waals surface area contributed by atoms with Gasteiger partial charge in [-0.25, -0.2) is 0 Å². The van der Waals surface area contributed by atoms with Crippen molar-refractivity contribution in [2.75, 3.05) is 88.1 Å². The van der Waals surface area contributed by atoms with Gasteiger partial charge in [0.1, 0.15) is 20.9 Å². The summed E-state index contributed by atoms with van der Waals surface area (Å²) in [5.41, 5.74) is 15.7. The standard InChI is InChI=1S/C18H18N2O4S.C11H10BrNO3S.C7H10BNO3/c1-22-13-7-11(6-12(19)8-13)14-10-25-18-15(21)9-16(24-17(14)18)20-2-4-23-5-3-20;12-7-6-17-11-8(14)5-9(16-10(7)11)13-1-3-15-4-2-13;1-12-7-3-5(8(10)11)2-6(9)4-7/h6-10H,2-5,19H2,1H3;5-6H,1-4H2;2-4,10-11H,9H2,1H3. The predicted molar refractivity (Wildman–Crippen MR) is 218 cm³/mol. The molecule has 6 heterocycles. The third-order valence-corrected chi connectivity index (χ3v) is 11.3. The predicted octanol–water partition coefficient (Wildman–Crippen LogP) is 4.36. The number of anilines is 4. The van der Waals surface area contributed by atoms with Crippen molar-refractivity contribution in [2.45, 2.75) is 0 Å². The highest BCUT2D eigenvalue weighted by Gasteiger charge is 2.20. The van der Waals surface area contributed by atoms with Crippen LogP contribution in [0.25, 0.3) is 31.7 Å². The molecule has 284 valence electrons. The van der Waals surface area contributed by atoms with Crippen LogP contribution in [0.4, 0.5) is 23.1 Å². The van der Waals surface area contributed by atoms with E-state index in [4.69, 9.17) is 49.3 Å². The van der Waals surface area contributed by atoms with Crippen LogP contribution in [0.5, 0.6) is 11.5 Å². The van der Waals surface area contributed by atoms with Crippen LogP contribution in [0, 0.1) is 0 Å². The van der Waals surface area contributed by atoms with Crippen LogP contribution in [0.2, 0.25) is 0 Å². The van der Waals surface area contributed by atoms with Crippen molar-refractivity contribution in [1.29, 1.82) is 0 Å². The number of ether oxygens (including phenoxy) is 4. The summed E-state index contributed by atoms with van der Waals surface area (Å²) >= 11 is 6.17. The van der Waals surface area contributed by atoms with Gasteiger partial charge in [0.05, 0.1) is 45.1 Å². The van der Waals surface area contributed by atoms with Gasteiger partial charge < -0.3 is 59.1 Å². The second-order valence-corrected chi connectivity index (χ2v) is 14.7. The largest absolute Gasteiger partial charge is 0.497 e. The molecule has 2 aliphatic heterocycles. The first-order chi connectivity index (χ1) is 26.0. The molecule has 0 aliphatic carbocycles. The first-order valence-corrected chi connectivity index (χ1v) is 19.3. The zero-order valence-electron chi connectivity index (χ0n) is 29.4. The molecule has 0 atom stereocenters. The Morgan fingerprint density at radius 2 is 1.20 bits per heavy atom. The highest BCUT2D eigenvalue weighted by atomic mass is 79.9. The maximum Gasteiger partial charge on any atom is 0.488 e. The number of rotatable bonds is 6. The third-order valence-electron chi connectivity index (χ3n) is 8.42. The average Bonchev–Trinajstić information content (AvgIpc) is 3.79. The van der Waals surface area contributed by atoms with E-state index in [0.717, 1.165) is 28.7 Å². The summed E-state index contributed by atoms with van der Waals surface area (Å²) < 4.78 is 34.8. The van der Waals surface area contributed by atoms with Crippen LogP contribution in [0.15, 0.2) is 82.2 Å². The lowest BCUT2D eigenvalue weighted by molar-refractivity contribution is 0.120. The SMILES string of the molecule is COc1cc(N)cc(-c2csc3c(=O)cc(N4CCOCC4)oc23)c1.COc1cc(N)cc(B(O)O)c1.O=c1cc(N2CCOCC2)oc2c(Br)csc12. The van der Waals surface area contributed by atoms with E-state index in [-0.39, 0.29) is 10.9 Å². The lowest BCUT2D eigenvalue weighted by atomic mass is 9.80. The minimum Gasteiger partial charge on any atom is -0.497 e. The Morgan fingerprint density at radius 1 is 0.704 bits per heavy atom. The topological polar surface area (TPSA) is 196 Å². The monoisotopic (exact) mass is 840 g/mol. The fraction of sp³-hybridized carbons (Fsp3) is 0.278. The minimum absolute atomic E-state index is 0.0171. The Morgan fingerprint density at radius 3 is 1.76 bits per heavy atom. The number of thiophene rings is 2. The first kappa shape index (κ1) is 39.1. The molecular weight excluding hydrogens is 803 g/mol. The minimum atomic E-state index is -1.51. The molecule has 6 aromatic rings. The van der Waals surface area contributed by atoms with Gasteiger partial charge in [0.25, 0.3) is 0 Å². The lowest BCUT2D eigenvalue weighted by Crippen LogP contribution is -2.36. The maximum atomic E-state index is 12.5. The number of methoxy groups -OCH3 is 2. The van der Waals surface area contributed by atoms with Crippen LogP contribution < -0.4 is 47.1 Å². The summed E-state index contributed by atoms with van der Waals surface area (Å²) in [6.45, 7) is 5.54. The molecule has 18 heteroatoms. The fourth-order valence-corrected chi connectivity index (χ4v) is 8.09. The normalized spacial score (nSPS) is 14.2. The van der Waals surface area contributed by atoms with Gasteiger partial charge in [-0.2, -0.15) is 0 Å². The molecule has 14 nitrogen and oxygen atoms in total. The number of hydrogen-bond acceptors (Lipinski definition) is 16. The second-order valence-electron chi connectivity index (χ2n) is 12.1. The highest BCUT2D eigenvalue weighted by Crippen LogP contribution is 2.37. The van der Waals surface area contributed by atoms with Gasteiger partial charge in [-0.15, -0.1) is 22.7 Å². The van der Waals surface area contributed by atoms with E-state index in [2.05, 4.69) is 15.9 Å². The smallest absolute Gasteiger partial charge is 0.488 e. The van der Waals surface area contributed by atoms with E-state index < -0.39 is 7.12 Å². The Bertz CT molecular complexity index is 2330. The van der Waals surface area contributed by atoms with E-state index in [9.17, 15) is 9.59 Å². The highest BCUT2D eigenvalue weighted by molar-refractivity contribution is 9.10. The Balaban J connectivity index is 0.000000149. The molecule has 0 unspecified atom stereocenters. The molecule has 2 saturated heterocycles. The van der Waals surface area contributed by atoms with E-state index in [1.54, 1.807) is 31.4 Å². The summed E-state index contributed by atoms with van der Waals surface area (Å²) in [6, 6.07) is 13.2. The van der Waals surface area contributed by atoms with Crippen molar-refractivity contribution in [3.63, 3.8) is 0 Å². The second kappa shape index (κ2) is 17.7. The molecule has 0 amide bonds. The third kappa shape index (κ3) is 9.20. The molecule has 0 spiro atoms. The van der Waals surface area contributed by atoms with E-state index >= 15 is 0 Å². The van der Waals surface area contributed by atoms with Crippen LogP contribution in [0.3, 0.4) is 0 Å². The zero-order chi connectivity index (χ0) is 38.4. The molecule has 2 fully saturated rings. The molecule has 2 aliphatic rings. The van der Waals surface area contributed by atoms with Crippen molar-refractivity contribution in [1.82, 2.24) is 0 Å². The van der Waals surface area contributed by atoms with Crippen LogP contribution in [0.1, 0.15) is 0 Å². The number of nitrogen functional groups attached to an aromatic ring is 2. The molecule has 8 rings (SSSR count). The Kier molecular flexibility index (Phi) is 12.8. The van der Waals surface area contributed by atoms with Crippen molar-refractivity contribution in [3.8, 4) is 22.6 Å². The van der Waals surface area contributed by atoms with Crippen molar-refractivity contribution in [3.05, 3.63) is 84.2 Å². The summed E-state index contributed by atoms with van der Waals surface area (Å²) in [5, 5.41) is 21.4. The van der Waals surface area contributed by atoms with Gasteiger partial charge >= 0.3 is 7.12 Å². The van der Waals surface area contributed by atoms with Gasteiger partial charge in [0, 0.05) is 78.1 Å². The van der Waals surface area contributed by atoms with Crippen molar-refractivity contribution < 1.29 is 37.8 Å². The molecule has 2 aromatic carbocycles. The van der Waals surface area contributed by atoms with Gasteiger partial charge in [0.2, 0.25) is 10.9 Å². The van der Waals surface area contributed by atoms with Crippen LogP contribution >= 0.6 is 38.6 Å². The number of morpholine rings is 2. The maximum absolute atomic E-state index is 12.5. The Labute approximate surface area is 326 Å². The van der Waals surface area contributed by atoms with Gasteiger partial charge in [-0.1, -0.05) is 0 Å². The number of benzene rings is 2. The number of nitrogens with zero attached hydrogens (tertiary/aromatic N) is 2. The summed E-state index contributed by atoms with van der Waals surface area (Å²) in [4.78, 5) is 28.5. The summed E-state index contributed by atoms with van der Waals surface area (Å²) in [5.74, 6) is 2.39. The number of hydrogen-bond donors (Lipinski definition) is 4. The quantitative estimate of drug-likeness (QED) is 0.136. The molecule has 4 aromatic heterocycles. The first-order valence-electron chi connectivity index (χ1n) is 16.7. The van der Waals surface area contributed by atoms with Gasteiger partial charge in [-0.05, 0) is 51.2 Å². The van der Waals surface area contributed by atoms with Crippen molar-refractivity contribution in [2.24, 2.45) is 0 Å². The lowest BCUT2D eigenvalue weighted by Gasteiger charge is -2.27. The van der Waals surface area contributed by atoms with Crippen LogP contribution in [-0.2, 0) is 9.47 Å². The molecular formula is C36H38BBrN4O10S2. The summed E-state index contributed by atoms with van der Waals surface area (Å²) in [7, 11) is 1.57. The van der Waals surface area contributed by atoms with E-state index in [1.165, 1.54) is 41.9 Å². The average molecular weight is 842 g/mol. The molecule has 6 N–H and O–H groups in total. The number of fused-ring (bicyclic) bond motifs is 2. The number of halogens is 1. The van der Waals surface area contributed by atoms with Crippen molar-refractivity contribution >= 4 is 94.9 Å².